The van der Waals surface area contributed by atoms with E-state index in [1.54, 1.807) is 0 Å². The van der Waals surface area contributed by atoms with E-state index >= 15 is 0 Å². The number of aldehydes is 1. The van der Waals surface area contributed by atoms with Crippen LogP contribution in [0.5, 0.6) is 0 Å². The van der Waals surface area contributed by atoms with E-state index in [2.05, 4.69) is 12.1 Å². The number of nitrogens with two attached hydrogens (primary N) is 1. The standard InChI is InChI=1S/C11H13NO/c12-11(7-13)10-5-8-3-1-2-4-9(8)6-10/h1-4,7,10-11H,5-6,12H2/t11-/m0/s1. The Kier molecular flexibility index (Phi) is 2.15. The summed E-state index contributed by atoms with van der Waals surface area (Å²) in [6.45, 7) is 0. The normalized spacial score (nSPS) is 18.2. The van der Waals surface area contributed by atoms with E-state index in [0.717, 1.165) is 19.1 Å². The summed E-state index contributed by atoms with van der Waals surface area (Å²) in [6, 6.07) is 8.01. The molecule has 13 heavy (non-hydrogen) atoms. The van der Waals surface area contributed by atoms with Crippen LogP contribution in [0.25, 0.3) is 0 Å². The van der Waals surface area contributed by atoms with Gasteiger partial charge in [-0.05, 0) is 29.9 Å². The van der Waals surface area contributed by atoms with Crippen LogP contribution >= 0.6 is 0 Å². The molecule has 0 unspecified atom stereocenters. The lowest BCUT2D eigenvalue weighted by Gasteiger charge is -2.11. The van der Waals surface area contributed by atoms with Crippen LogP contribution in [0.4, 0.5) is 0 Å². The molecule has 1 aliphatic carbocycles. The number of hydrogen-bond acceptors (Lipinski definition) is 2. The Morgan fingerprint density at radius 3 is 2.31 bits per heavy atom. The number of hydrogen-bond donors (Lipinski definition) is 1. The van der Waals surface area contributed by atoms with Crippen LogP contribution < -0.4 is 5.73 Å². The Morgan fingerprint density at radius 1 is 1.31 bits per heavy atom. The average molecular weight is 175 g/mol. The molecule has 0 saturated carbocycles. The molecule has 0 heterocycles. The van der Waals surface area contributed by atoms with E-state index in [0.29, 0.717) is 5.92 Å². The Labute approximate surface area is 77.8 Å². The second-order valence-electron chi connectivity index (χ2n) is 3.65. The van der Waals surface area contributed by atoms with Crippen LogP contribution in [0.3, 0.4) is 0 Å². The van der Waals surface area contributed by atoms with Gasteiger partial charge in [-0.25, -0.2) is 0 Å². The zero-order valence-corrected chi connectivity index (χ0v) is 7.44. The first kappa shape index (κ1) is 8.45. The van der Waals surface area contributed by atoms with Crippen molar-refractivity contribution in [1.29, 1.82) is 0 Å². The lowest BCUT2D eigenvalue weighted by molar-refractivity contribution is -0.109. The van der Waals surface area contributed by atoms with Crippen molar-refractivity contribution in [3.8, 4) is 0 Å². The van der Waals surface area contributed by atoms with Crippen LogP contribution in [0.1, 0.15) is 11.1 Å². The van der Waals surface area contributed by atoms with Crippen LogP contribution in [-0.4, -0.2) is 12.3 Å². The van der Waals surface area contributed by atoms with Gasteiger partial charge in [-0.2, -0.15) is 0 Å². The van der Waals surface area contributed by atoms with Crippen LogP contribution in [0.2, 0.25) is 0 Å². The number of benzene rings is 1. The molecule has 2 nitrogen and oxygen atoms in total. The summed E-state index contributed by atoms with van der Waals surface area (Å²) in [5.41, 5.74) is 8.39. The summed E-state index contributed by atoms with van der Waals surface area (Å²) in [5.74, 6) is 0.315. The van der Waals surface area contributed by atoms with Gasteiger partial charge in [-0.3, -0.25) is 0 Å². The van der Waals surface area contributed by atoms with Crippen LogP contribution in [-0.2, 0) is 17.6 Å². The fourth-order valence-electron chi connectivity index (χ4n) is 1.98. The zero-order valence-electron chi connectivity index (χ0n) is 7.44. The van der Waals surface area contributed by atoms with Crippen molar-refractivity contribution < 1.29 is 4.79 Å². The van der Waals surface area contributed by atoms with E-state index in [9.17, 15) is 4.79 Å². The second kappa shape index (κ2) is 3.30. The highest BCUT2D eigenvalue weighted by molar-refractivity contribution is 5.58. The summed E-state index contributed by atoms with van der Waals surface area (Å²) in [4.78, 5) is 10.5. The Balaban J connectivity index is 2.18. The second-order valence-corrected chi connectivity index (χ2v) is 3.65. The van der Waals surface area contributed by atoms with Crippen molar-refractivity contribution in [1.82, 2.24) is 0 Å². The zero-order chi connectivity index (χ0) is 9.26. The minimum Gasteiger partial charge on any atom is -0.321 e. The van der Waals surface area contributed by atoms with Gasteiger partial charge in [-0.1, -0.05) is 24.3 Å². The molecular weight excluding hydrogens is 162 g/mol. The van der Waals surface area contributed by atoms with Crippen molar-refractivity contribution in [2.24, 2.45) is 11.7 Å². The van der Waals surface area contributed by atoms with Crippen molar-refractivity contribution in [3.05, 3.63) is 35.4 Å². The third-order valence-corrected chi connectivity index (χ3v) is 2.78. The maximum Gasteiger partial charge on any atom is 0.136 e. The maximum absolute atomic E-state index is 10.5. The summed E-state index contributed by atoms with van der Waals surface area (Å²) < 4.78 is 0. The summed E-state index contributed by atoms with van der Waals surface area (Å²) in [7, 11) is 0. The highest BCUT2D eigenvalue weighted by atomic mass is 16.1. The molecule has 2 heteroatoms. The lowest BCUT2D eigenvalue weighted by Crippen LogP contribution is -2.31. The molecular formula is C11H13NO. The van der Waals surface area contributed by atoms with Gasteiger partial charge in [0.05, 0.1) is 6.04 Å². The van der Waals surface area contributed by atoms with Crippen LogP contribution in [0, 0.1) is 5.92 Å². The quantitative estimate of drug-likeness (QED) is 0.679. The Hall–Kier alpha value is -1.15. The number of fused-ring (bicyclic) bond motifs is 1. The molecule has 0 spiro atoms. The smallest absolute Gasteiger partial charge is 0.136 e. The molecule has 0 aromatic heterocycles. The molecule has 1 aliphatic rings. The molecule has 0 aliphatic heterocycles. The van der Waals surface area contributed by atoms with E-state index < -0.39 is 0 Å². The van der Waals surface area contributed by atoms with E-state index in [-0.39, 0.29) is 6.04 Å². The third kappa shape index (κ3) is 1.49. The van der Waals surface area contributed by atoms with E-state index in [4.69, 9.17) is 5.73 Å². The fraction of sp³-hybridized carbons (Fsp3) is 0.364. The highest BCUT2D eigenvalue weighted by Crippen LogP contribution is 2.27. The summed E-state index contributed by atoms with van der Waals surface area (Å²) >= 11 is 0. The monoisotopic (exact) mass is 175 g/mol. The highest BCUT2D eigenvalue weighted by Gasteiger charge is 2.25. The number of rotatable bonds is 2. The van der Waals surface area contributed by atoms with Gasteiger partial charge in [0.15, 0.2) is 0 Å². The van der Waals surface area contributed by atoms with E-state index in [1.807, 2.05) is 12.1 Å². The van der Waals surface area contributed by atoms with Gasteiger partial charge in [0.1, 0.15) is 6.29 Å². The maximum atomic E-state index is 10.5. The summed E-state index contributed by atoms with van der Waals surface area (Å²) in [6.07, 6.45) is 2.77. The molecule has 0 saturated heterocycles. The molecule has 2 rings (SSSR count). The molecule has 1 atom stereocenters. The molecule has 0 amide bonds. The third-order valence-electron chi connectivity index (χ3n) is 2.78. The number of carbonyl (C=O) groups excluding carboxylic acids is 1. The lowest BCUT2D eigenvalue weighted by atomic mass is 9.99. The predicted molar refractivity (Wildman–Crippen MR) is 51.4 cm³/mol. The van der Waals surface area contributed by atoms with Gasteiger partial charge >= 0.3 is 0 Å². The van der Waals surface area contributed by atoms with Crippen molar-refractivity contribution in [3.63, 3.8) is 0 Å². The molecule has 68 valence electrons. The topological polar surface area (TPSA) is 43.1 Å². The molecule has 1 aromatic carbocycles. The Morgan fingerprint density at radius 2 is 1.85 bits per heavy atom. The predicted octanol–water partition coefficient (Wildman–Crippen LogP) is 0.928. The van der Waals surface area contributed by atoms with Gasteiger partial charge < -0.3 is 10.5 Å². The first-order valence-corrected chi connectivity index (χ1v) is 4.59. The van der Waals surface area contributed by atoms with E-state index in [1.165, 1.54) is 11.1 Å². The largest absolute Gasteiger partial charge is 0.321 e. The first-order chi connectivity index (χ1) is 6.31. The molecule has 2 N–H and O–H groups in total. The van der Waals surface area contributed by atoms with Gasteiger partial charge in [0.25, 0.3) is 0 Å². The molecule has 0 radical (unpaired) electrons. The van der Waals surface area contributed by atoms with Gasteiger partial charge in [0.2, 0.25) is 0 Å². The van der Waals surface area contributed by atoms with Crippen molar-refractivity contribution in [2.45, 2.75) is 18.9 Å². The fourth-order valence-corrected chi connectivity index (χ4v) is 1.98. The molecule has 0 bridgehead atoms. The number of carbonyl (C=O) groups is 1. The van der Waals surface area contributed by atoms with Gasteiger partial charge in [0, 0.05) is 0 Å². The molecule has 1 aromatic rings. The first-order valence-electron chi connectivity index (χ1n) is 4.59. The average Bonchev–Trinajstić information content (AvgIpc) is 2.59. The van der Waals surface area contributed by atoms with Crippen molar-refractivity contribution >= 4 is 6.29 Å². The van der Waals surface area contributed by atoms with Crippen LogP contribution in [0.15, 0.2) is 24.3 Å². The minimum absolute atomic E-state index is 0.299. The van der Waals surface area contributed by atoms with Crippen molar-refractivity contribution in [2.75, 3.05) is 0 Å². The summed E-state index contributed by atoms with van der Waals surface area (Å²) in [5, 5.41) is 0. The molecule has 0 fully saturated rings. The Bertz CT molecular complexity index is 297. The minimum atomic E-state index is -0.299. The SMILES string of the molecule is N[C@@H](C=O)C1Cc2ccccc2C1. The van der Waals surface area contributed by atoms with Gasteiger partial charge in [-0.15, -0.1) is 0 Å².